The maximum atomic E-state index is 12.0. The lowest BCUT2D eigenvalue weighted by molar-refractivity contribution is 0.148. The molecule has 0 aromatic heterocycles. The number of carbonyl (C=O) groups excluding carboxylic acids is 1. The van der Waals surface area contributed by atoms with Crippen molar-refractivity contribution < 1.29 is 14.3 Å². The van der Waals surface area contributed by atoms with Crippen LogP contribution in [0.2, 0.25) is 0 Å². The summed E-state index contributed by atoms with van der Waals surface area (Å²) in [7, 11) is 0. The molecule has 1 aromatic carbocycles. The smallest absolute Gasteiger partial charge is 0.411 e. The molecule has 0 unspecified atom stereocenters. The van der Waals surface area contributed by atoms with E-state index in [0.717, 1.165) is 31.7 Å². The van der Waals surface area contributed by atoms with Crippen LogP contribution < -0.4 is 10.1 Å². The number of likely N-dealkylation sites (tertiary alicyclic amines) is 1. The summed E-state index contributed by atoms with van der Waals surface area (Å²) in [6, 6.07) is 7.54. The molecule has 0 saturated carbocycles. The van der Waals surface area contributed by atoms with Crippen LogP contribution >= 0.6 is 0 Å². The fourth-order valence-corrected chi connectivity index (χ4v) is 3.70. The van der Waals surface area contributed by atoms with Crippen molar-refractivity contribution in [1.82, 2.24) is 4.90 Å². The Morgan fingerprint density at radius 2 is 1.72 bits per heavy atom. The van der Waals surface area contributed by atoms with Gasteiger partial charge in [-0.15, -0.1) is 0 Å². The number of nitrogens with zero attached hydrogens (tertiary/aromatic N) is 1. The Morgan fingerprint density at radius 3 is 2.52 bits per heavy atom. The van der Waals surface area contributed by atoms with Crippen LogP contribution in [0.3, 0.4) is 0 Å². The average Bonchev–Trinajstić information content (AvgIpc) is 2.74. The number of carbonyl (C=O) groups is 1. The summed E-state index contributed by atoms with van der Waals surface area (Å²) in [4.78, 5) is 14.4. The molecule has 5 nitrogen and oxygen atoms in total. The molecule has 1 aromatic rings. The lowest BCUT2D eigenvalue weighted by atomic mass is 10.1. The van der Waals surface area contributed by atoms with Crippen LogP contribution in [-0.4, -0.2) is 43.8 Å². The highest BCUT2D eigenvalue weighted by Gasteiger charge is 2.10. The van der Waals surface area contributed by atoms with E-state index in [2.05, 4.69) is 17.1 Å². The molecule has 29 heavy (non-hydrogen) atoms. The van der Waals surface area contributed by atoms with Gasteiger partial charge in [0.25, 0.3) is 0 Å². The van der Waals surface area contributed by atoms with E-state index in [-0.39, 0.29) is 0 Å². The molecule has 1 aliphatic heterocycles. The zero-order chi connectivity index (χ0) is 20.6. The molecular formula is C24H40N2O3. The molecule has 0 radical (unpaired) electrons. The first kappa shape index (κ1) is 23.5. The quantitative estimate of drug-likeness (QED) is 0.373. The van der Waals surface area contributed by atoms with Gasteiger partial charge in [0.15, 0.2) is 0 Å². The van der Waals surface area contributed by atoms with Crippen molar-refractivity contribution in [2.75, 3.05) is 38.2 Å². The molecular weight excluding hydrogens is 364 g/mol. The minimum atomic E-state index is -0.395. The van der Waals surface area contributed by atoms with Crippen LogP contribution in [-0.2, 0) is 4.74 Å². The number of unbranched alkanes of at least 4 members (excludes halogenated alkanes) is 6. The summed E-state index contributed by atoms with van der Waals surface area (Å²) >= 11 is 0. The molecule has 1 saturated heterocycles. The molecule has 0 bridgehead atoms. The largest absolute Gasteiger partial charge is 0.494 e. The summed E-state index contributed by atoms with van der Waals surface area (Å²) in [6.07, 6.45) is 13.3. The van der Waals surface area contributed by atoms with Gasteiger partial charge in [-0.1, -0.05) is 57.9 Å². The number of rotatable bonds is 14. The number of ether oxygens (including phenoxy) is 2. The molecule has 2 rings (SSSR count). The molecule has 1 fully saturated rings. The highest BCUT2D eigenvalue weighted by Crippen LogP contribution is 2.18. The number of piperidine rings is 1. The molecule has 1 heterocycles. The van der Waals surface area contributed by atoms with Crippen LogP contribution in [0.25, 0.3) is 0 Å². The van der Waals surface area contributed by atoms with Crippen molar-refractivity contribution >= 4 is 11.8 Å². The van der Waals surface area contributed by atoms with Crippen LogP contribution in [0.4, 0.5) is 10.5 Å². The molecule has 5 heteroatoms. The monoisotopic (exact) mass is 404 g/mol. The summed E-state index contributed by atoms with van der Waals surface area (Å²) < 4.78 is 11.1. The van der Waals surface area contributed by atoms with E-state index in [1.807, 2.05) is 24.3 Å². The average molecular weight is 405 g/mol. The Kier molecular flexibility index (Phi) is 12.3. The third-order valence-corrected chi connectivity index (χ3v) is 5.40. The Morgan fingerprint density at radius 1 is 0.966 bits per heavy atom. The zero-order valence-corrected chi connectivity index (χ0v) is 18.3. The first-order valence-corrected chi connectivity index (χ1v) is 11.7. The number of benzene rings is 1. The lowest BCUT2D eigenvalue weighted by Crippen LogP contribution is -2.31. The molecule has 1 aliphatic rings. The van der Waals surface area contributed by atoms with Gasteiger partial charge >= 0.3 is 6.09 Å². The van der Waals surface area contributed by atoms with Crippen LogP contribution in [0.1, 0.15) is 77.6 Å². The zero-order valence-electron chi connectivity index (χ0n) is 18.3. The fraction of sp³-hybridized carbons (Fsp3) is 0.708. The highest BCUT2D eigenvalue weighted by atomic mass is 16.5. The van der Waals surface area contributed by atoms with Gasteiger partial charge in [0.1, 0.15) is 5.75 Å². The number of anilines is 1. The van der Waals surface area contributed by atoms with E-state index in [9.17, 15) is 4.79 Å². The summed E-state index contributed by atoms with van der Waals surface area (Å²) in [6.45, 7) is 6.78. The first-order valence-electron chi connectivity index (χ1n) is 11.7. The maximum absolute atomic E-state index is 12.0. The van der Waals surface area contributed by atoms with Crippen molar-refractivity contribution in [2.24, 2.45) is 0 Å². The predicted octanol–water partition coefficient (Wildman–Crippen LogP) is 6.24. The van der Waals surface area contributed by atoms with Gasteiger partial charge in [-0.05, 0) is 50.9 Å². The van der Waals surface area contributed by atoms with Crippen LogP contribution in [0.5, 0.6) is 5.75 Å². The van der Waals surface area contributed by atoms with E-state index >= 15 is 0 Å². The molecule has 0 spiro atoms. The predicted molar refractivity (Wildman–Crippen MR) is 120 cm³/mol. The Labute approximate surface area is 177 Å². The highest BCUT2D eigenvalue weighted by molar-refractivity contribution is 5.84. The standard InChI is InChI=1S/C24H40N2O3/c1-2-3-4-5-6-7-11-19-28-23-15-12-14-22(21-23)25-24(27)29-20-13-18-26-16-9-8-10-17-26/h12,14-15,21H,2-11,13,16-20H2,1H3,(H,25,27). The Hall–Kier alpha value is -1.75. The summed E-state index contributed by atoms with van der Waals surface area (Å²) in [5.41, 5.74) is 0.711. The van der Waals surface area contributed by atoms with Crippen molar-refractivity contribution in [2.45, 2.75) is 77.6 Å². The molecule has 1 N–H and O–H groups in total. The van der Waals surface area contributed by atoms with E-state index in [1.54, 1.807) is 0 Å². The van der Waals surface area contributed by atoms with Gasteiger partial charge in [-0.25, -0.2) is 4.79 Å². The minimum absolute atomic E-state index is 0.395. The normalized spacial score (nSPS) is 14.5. The number of hydrogen-bond donors (Lipinski definition) is 1. The lowest BCUT2D eigenvalue weighted by Gasteiger charge is -2.26. The third kappa shape index (κ3) is 11.1. The van der Waals surface area contributed by atoms with E-state index in [0.29, 0.717) is 12.3 Å². The second-order valence-corrected chi connectivity index (χ2v) is 8.01. The number of nitrogens with one attached hydrogen (secondary N) is 1. The van der Waals surface area contributed by atoms with E-state index < -0.39 is 6.09 Å². The first-order chi connectivity index (χ1) is 14.3. The fourth-order valence-electron chi connectivity index (χ4n) is 3.70. The topological polar surface area (TPSA) is 50.8 Å². The maximum Gasteiger partial charge on any atom is 0.411 e. The number of hydrogen-bond acceptors (Lipinski definition) is 4. The summed E-state index contributed by atoms with van der Waals surface area (Å²) in [5, 5.41) is 2.80. The molecule has 0 atom stereocenters. The third-order valence-electron chi connectivity index (χ3n) is 5.40. The summed E-state index contributed by atoms with van der Waals surface area (Å²) in [5.74, 6) is 0.791. The van der Waals surface area contributed by atoms with Crippen molar-refractivity contribution in [3.63, 3.8) is 0 Å². The van der Waals surface area contributed by atoms with Crippen molar-refractivity contribution in [3.05, 3.63) is 24.3 Å². The van der Waals surface area contributed by atoms with Gasteiger partial charge in [-0.2, -0.15) is 0 Å². The van der Waals surface area contributed by atoms with E-state index in [4.69, 9.17) is 9.47 Å². The van der Waals surface area contributed by atoms with Gasteiger partial charge < -0.3 is 14.4 Å². The molecule has 0 aliphatic carbocycles. The van der Waals surface area contributed by atoms with Gasteiger partial charge in [0.2, 0.25) is 0 Å². The SMILES string of the molecule is CCCCCCCCCOc1cccc(NC(=O)OCCCN2CCCCC2)c1. The Bertz CT molecular complexity index is 559. The van der Waals surface area contributed by atoms with Gasteiger partial charge in [0, 0.05) is 18.3 Å². The van der Waals surface area contributed by atoms with Crippen molar-refractivity contribution in [3.8, 4) is 5.75 Å². The number of amides is 1. The Balaban J connectivity index is 1.55. The second kappa shape index (κ2) is 15.1. The van der Waals surface area contributed by atoms with Crippen LogP contribution in [0.15, 0.2) is 24.3 Å². The van der Waals surface area contributed by atoms with Gasteiger partial charge in [-0.3, -0.25) is 5.32 Å². The molecule has 164 valence electrons. The van der Waals surface area contributed by atoms with E-state index in [1.165, 1.54) is 70.9 Å². The van der Waals surface area contributed by atoms with Gasteiger partial charge in [0.05, 0.1) is 13.2 Å². The van der Waals surface area contributed by atoms with Crippen molar-refractivity contribution in [1.29, 1.82) is 0 Å². The minimum Gasteiger partial charge on any atom is -0.494 e. The van der Waals surface area contributed by atoms with Crippen LogP contribution in [0, 0.1) is 0 Å². The second-order valence-electron chi connectivity index (χ2n) is 8.01. The molecule has 1 amide bonds.